The van der Waals surface area contributed by atoms with Crippen LogP contribution in [0, 0.1) is 0 Å². The van der Waals surface area contributed by atoms with Crippen LogP contribution < -0.4 is 5.48 Å². The van der Waals surface area contributed by atoms with Gasteiger partial charge in [0.15, 0.2) is 0 Å². The van der Waals surface area contributed by atoms with Crippen LogP contribution in [0.3, 0.4) is 0 Å². The summed E-state index contributed by atoms with van der Waals surface area (Å²) in [6.07, 6.45) is 2.23. The van der Waals surface area contributed by atoms with Gasteiger partial charge in [0, 0.05) is 18.4 Å². The molecule has 0 aromatic heterocycles. The van der Waals surface area contributed by atoms with Crippen LogP contribution >= 0.6 is 0 Å². The van der Waals surface area contributed by atoms with E-state index in [0.717, 1.165) is 6.26 Å². The van der Waals surface area contributed by atoms with Crippen LogP contribution in [-0.4, -0.2) is 31.5 Å². The Hall–Kier alpha value is -0.620. The lowest BCUT2D eigenvalue weighted by atomic mass is 10.2. The first kappa shape index (κ1) is 11.4. The third kappa shape index (κ3) is 7.49. The molecule has 72 valence electrons. The van der Waals surface area contributed by atoms with Gasteiger partial charge < -0.3 is 0 Å². The standard InChI is InChI=1S/C6H13NO4S/c1-12(10,11)5-3-2-4-6(8)7-9/h9H,2-5H2,1H3,(H,7,8). The molecule has 0 bridgehead atoms. The number of sulfone groups is 1. The van der Waals surface area contributed by atoms with Crippen molar-refractivity contribution in [3.05, 3.63) is 0 Å². The number of hydroxylamine groups is 1. The van der Waals surface area contributed by atoms with Gasteiger partial charge in [0.2, 0.25) is 5.91 Å². The minimum Gasteiger partial charge on any atom is -0.289 e. The predicted octanol–water partition coefficient (Wildman–Crippen LogP) is -0.293. The molecule has 0 radical (unpaired) electrons. The maximum atomic E-state index is 10.6. The summed E-state index contributed by atoms with van der Waals surface area (Å²) in [6.45, 7) is 0. The van der Waals surface area contributed by atoms with E-state index >= 15 is 0 Å². The molecule has 0 unspecified atom stereocenters. The fourth-order valence-corrected chi connectivity index (χ4v) is 1.43. The molecule has 0 aromatic carbocycles. The normalized spacial score (nSPS) is 11.2. The molecular formula is C6H13NO4S. The highest BCUT2D eigenvalue weighted by atomic mass is 32.2. The number of hydrogen-bond donors (Lipinski definition) is 2. The van der Waals surface area contributed by atoms with E-state index in [2.05, 4.69) is 0 Å². The van der Waals surface area contributed by atoms with E-state index in [9.17, 15) is 13.2 Å². The Morgan fingerprint density at radius 1 is 1.42 bits per heavy atom. The maximum Gasteiger partial charge on any atom is 0.243 e. The Morgan fingerprint density at radius 2 is 2.00 bits per heavy atom. The molecule has 0 rings (SSSR count). The zero-order chi connectivity index (χ0) is 9.61. The average Bonchev–Trinajstić information content (AvgIpc) is 1.96. The Kier molecular flexibility index (Phi) is 4.84. The summed E-state index contributed by atoms with van der Waals surface area (Å²) in [7, 11) is -2.92. The van der Waals surface area contributed by atoms with Gasteiger partial charge >= 0.3 is 0 Å². The van der Waals surface area contributed by atoms with E-state index in [1.165, 1.54) is 5.48 Å². The monoisotopic (exact) mass is 195 g/mol. The van der Waals surface area contributed by atoms with Crippen molar-refractivity contribution in [3.63, 3.8) is 0 Å². The third-order valence-corrected chi connectivity index (χ3v) is 2.32. The van der Waals surface area contributed by atoms with Gasteiger partial charge in [-0.2, -0.15) is 0 Å². The van der Waals surface area contributed by atoms with Gasteiger partial charge in [-0.3, -0.25) is 10.0 Å². The van der Waals surface area contributed by atoms with Gasteiger partial charge in [-0.15, -0.1) is 0 Å². The fraction of sp³-hybridized carbons (Fsp3) is 0.833. The van der Waals surface area contributed by atoms with Crippen LogP contribution in [0.25, 0.3) is 0 Å². The highest BCUT2D eigenvalue weighted by Crippen LogP contribution is 1.97. The molecule has 2 N–H and O–H groups in total. The Morgan fingerprint density at radius 3 is 2.42 bits per heavy atom. The molecule has 0 aliphatic rings. The lowest BCUT2D eigenvalue weighted by Crippen LogP contribution is -2.18. The molecule has 1 amide bonds. The number of unbranched alkanes of at least 4 members (excludes halogenated alkanes) is 1. The number of rotatable bonds is 5. The molecule has 0 aromatic rings. The SMILES string of the molecule is CS(=O)(=O)CCCCC(=O)NO. The van der Waals surface area contributed by atoms with Crippen molar-refractivity contribution >= 4 is 15.7 Å². The number of carbonyl (C=O) groups is 1. The van der Waals surface area contributed by atoms with E-state index in [1.54, 1.807) is 0 Å². The zero-order valence-electron chi connectivity index (χ0n) is 6.91. The fourth-order valence-electron chi connectivity index (χ4n) is 0.706. The lowest BCUT2D eigenvalue weighted by molar-refractivity contribution is -0.129. The van der Waals surface area contributed by atoms with Gasteiger partial charge in [-0.05, 0) is 12.8 Å². The van der Waals surface area contributed by atoms with Crippen LogP contribution in [0.1, 0.15) is 19.3 Å². The Bertz CT molecular complexity index is 234. The van der Waals surface area contributed by atoms with Crippen LogP contribution in [0.15, 0.2) is 0 Å². The van der Waals surface area contributed by atoms with Crippen molar-refractivity contribution < 1.29 is 18.4 Å². The van der Waals surface area contributed by atoms with E-state index in [1.807, 2.05) is 0 Å². The van der Waals surface area contributed by atoms with Gasteiger partial charge in [0.05, 0.1) is 0 Å². The molecule has 0 fully saturated rings. The first-order valence-corrected chi connectivity index (χ1v) is 5.62. The van der Waals surface area contributed by atoms with Crippen molar-refractivity contribution in [2.45, 2.75) is 19.3 Å². The third-order valence-electron chi connectivity index (χ3n) is 1.29. The summed E-state index contributed by atoms with van der Waals surface area (Å²) in [5.74, 6) is -0.394. The molecule has 12 heavy (non-hydrogen) atoms. The van der Waals surface area contributed by atoms with E-state index in [4.69, 9.17) is 5.21 Å². The second-order valence-corrected chi connectivity index (χ2v) is 4.88. The minimum absolute atomic E-state index is 0.0890. The van der Waals surface area contributed by atoms with Crippen molar-refractivity contribution in [2.24, 2.45) is 0 Å². The second kappa shape index (κ2) is 5.10. The summed E-state index contributed by atoms with van der Waals surface area (Å²) in [5, 5.41) is 8.08. The summed E-state index contributed by atoms with van der Waals surface area (Å²) >= 11 is 0. The molecule has 5 nitrogen and oxygen atoms in total. The molecular weight excluding hydrogens is 182 g/mol. The summed E-state index contributed by atoms with van der Waals surface area (Å²) in [6, 6.07) is 0. The largest absolute Gasteiger partial charge is 0.289 e. The summed E-state index contributed by atoms with van der Waals surface area (Å²) < 4.78 is 21.2. The van der Waals surface area contributed by atoms with Crippen molar-refractivity contribution in [1.82, 2.24) is 5.48 Å². The average molecular weight is 195 g/mol. The molecule has 0 spiro atoms. The van der Waals surface area contributed by atoms with Gasteiger partial charge in [0.25, 0.3) is 0 Å². The molecule has 0 heterocycles. The maximum absolute atomic E-state index is 10.6. The smallest absolute Gasteiger partial charge is 0.243 e. The van der Waals surface area contributed by atoms with E-state index in [0.29, 0.717) is 12.8 Å². The first-order chi connectivity index (χ1) is 5.45. The predicted molar refractivity (Wildman–Crippen MR) is 43.5 cm³/mol. The first-order valence-electron chi connectivity index (χ1n) is 3.56. The number of nitrogens with one attached hydrogen (secondary N) is 1. The minimum atomic E-state index is -2.92. The van der Waals surface area contributed by atoms with Crippen LogP contribution in [0.5, 0.6) is 0 Å². The number of hydrogen-bond acceptors (Lipinski definition) is 4. The zero-order valence-corrected chi connectivity index (χ0v) is 7.73. The van der Waals surface area contributed by atoms with Gasteiger partial charge in [0.1, 0.15) is 9.84 Å². The Labute approximate surface area is 71.6 Å². The topological polar surface area (TPSA) is 83.5 Å². The molecule has 0 saturated carbocycles. The number of amides is 1. The van der Waals surface area contributed by atoms with Crippen molar-refractivity contribution in [2.75, 3.05) is 12.0 Å². The lowest BCUT2D eigenvalue weighted by Gasteiger charge is -1.98. The van der Waals surface area contributed by atoms with Crippen molar-refractivity contribution in [1.29, 1.82) is 0 Å². The highest BCUT2D eigenvalue weighted by Gasteiger charge is 2.03. The number of carbonyl (C=O) groups excluding carboxylic acids is 1. The van der Waals surface area contributed by atoms with E-state index < -0.39 is 15.7 Å². The molecule has 6 heteroatoms. The Balaban J connectivity index is 3.40. The highest BCUT2D eigenvalue weighted by molar-refractivity contribution is 7.90. The quantitative estimate of drug-likeness (QED) is 0.358. The van der Waals surface area contributed by atoms with Gasteiger partial charge in [-0.1, -0.05) is 0 Å². The van der Waals surface area contributed by atoms with Crippen LogP contribution in [0.4, 0.5) is 0 Å². The molecule has 0 aliphatic heterocycles. The van der Waals surface area contributed by atoms with E-state index in [-0.39, 0.29) is 12.2 Å². The van der Waals surface area contributed by atoms with Crippen molar-refractivity contribution in [3.8, 4) is 0 Å². The second-order valence-electron chi connectivity index (χ2n) is 2.62. The van der Waals surface area contributed by atoms with Gasteiger partial charge in [-0.25, -0.2) is 13.9 Å². The summed E-state index contributed by atoms with van der Waals surface area (Å²) in [4.78, 5) is 10.4. The van der Waals surface area contributed by atoms with Crippen LogP contribution in [-0.2, 0) is 14.6 Å². The molecule has 0 atom stereocenters. The molecule has 0 aliphatic carbocycles. The summed E-state index contributed by atoms with van der Waals surface area (Å²) in [5.41, 5.74) is 1.47. The van der Waals surface area contributed by atoms with Crippen LogP contribution in [0.2, 0.25) is 0 Å². The molecule has 0 saturated heterocycles.